The van der Waals surface area contributed by atoms with E-state index < -0.39 is 18.0 Å². The molecule has 1 atom stereocenters. The fourth-order valence-electron chi connectivity index (χ4n) is 1.26. The van der Waals surface area contributed by atoms with Crippen molar-refractivity contribution in [2.75, 3.05) is 5.32 Å². The van der Waals surface area contributed by atoms with Gasteiger partial charge in [0, 0.05) is 0 Å². The van der Waals surface area contributed by atoms with Crippen LogP contribution in [0.5, 0.6) is 0 Å². The van der Waals surface area contributed by atoms with E-state index >= 15 is 0 Å². The zero-order valence-corrected chi connectivity index (χ0v) is 11.0. The lowest BCUT2D eigenvalue weighted by Crippen LogP contribution is -2.42. The molecule has 7 heteroatoms. The maximum Gasteiger partial charge on any atom is 0.326 e. The molecule has 0 aromatic heterocycles. The topological polar surface area (TPSA) is 78.4 Å². The van der Waals surface area contributed by atoms with Crippen molar-refractivity contribution in [3.05, 3.63) is 28.2 Å². The Kier molecular flexibility index (Phi) is 5.25. The summed E-state index contributed by atoms with van der Waals surface area (Å²) >= 11 is 11.7. The molecule has 98 valence electrons. The van der Waals surface area contributed by atoms with E-state index in [9.17, 15) is 9.59 Å². The smallest absolute Gasteiger partial charge is 0.326 e. The van der Waals surface area contributed by atoms with Crippen molar-refractivity contribution in [1.29, 1.82) is 0 Å². The van der Waals surface area contributed by atoms with Gasteiger partial charge in [-0.2, -0.15) is 0 Å². The van der Waals surface area contributed by atoms with Gasteiger partial charge < -0.3 is 15.7 Å². The van der Waals surface area contributed by atoms with Gasteiger partial charge >= 0.3 is 12.0 Å². The number of amides is 2. The standard InChI is InChI=1S/C11H12Cl2N2O3/c1-2-7(10(16)17)14-11(18)15-8-5-3-4-6(12)9(8)13/h3-5,7H,2H2,1H3,(H,16,17)(H2,14,15,18)/t7-/m1/s1. The highest BCUT2D eigenvalue weighted by molar-refractivity contribution is 6.43. The molecule has 0 aliphatic rings. The Labute approximate surface area is 114 Å². The van der Waals surface area contributed by atoms with E-state index in [4.69, 9.17) is 28.3 Å². The van der Waals surface area contributed by atoms with Crippen LogP contribution in [0.1, 0.15) is 13.3 Å². The highest BCUT2D eigenvalue weighted by atomic mass is 35.5. The molecule has 2 amide bonds. The Hall–Kier alpha value is -1.46. The number of hydrogen-bond acceptors (Lipinski definition) is 2. The molecule has 0 heterocycles. The van der Waals surface area contributed by atoms with Crippen molar-refractivity contribution in [3.63, 3.8) is 0 Å². The maximum atomic E-state index is 11.6. The van der Waals surface area contributed by atoms with Crippen molar-refractivity contribution in [2.24, 2.45) is 0 Å². The van der Waals surface area contributed by atoms with Gasteiger partial charge in [-0.15, -0.1) is 0 Å². The largest absolute Gasteiger partial charge is 0.480 e. The summed E-state index contributed by atoms with van der Waals surface area (Å²) in [5.74, 6) is -1.09. The van der Waals surface area contributed by atoms with Gasteiger partial charge in [-0.1, -0.05) is 36.2 Å². The number of carbonyl (C=O) groups excluding carboxylic acids is 1. The fraction of sp³-hybridized carbons (Fsp3) is 0.273. The third-order valence-corrected chi connectivity index (χ3v) is 3.03. The molecule has 18 heavy (non-hydrogen) atoms. The molecular weight excluding hydrogens is 279 g/mol. The number of carboxylic acids is 1. The average molecular weight is 291 g/mol. The molecule has 0 unspecified atom stereocenters. The zero-order chi connectivity index (χ0) is 13.7. The molecule has 0 saturated heterocycles. The van der Waals surface area contributed by atoms with Crippen molar-refractivity contribution < 1.29 is 14.7 Å². The van der Waals surface area contributed by atoms with Crippen LogP contribution < -0.4 is 10.6 Å². The van der Waals surface area contributed by atoms with Gasteiger partial charge in [-0.25, -0.2) is 9.59 Å². The Balaban J connectivity index is 2.70. The summed E-state index contributed by atoms with van der Waals surface area (Å²) in [6.07, 6.45) is 0.284. The van der Waals surface area contributed by atoms with Crippen LogP contribution in [0.3, 0.4) is 0 Å². The molecular formula is C11H12Cl2N2O3. The van der Waals surface area contributed by atoms with Crippen LogP contribution in [-0.2, 0) is 4.79 Å². The lowest BCUT2D eigenvalue weighted by molar-refractivity contribution is -0.139. The first-order valence-electron chi connectivity index (χ1n) is 5.20. The van der Waals surface area contributed by atoms with E-state index in [2.05, 4.69) is 10.6 Å². The molecule has 1 aromatic carbocycles. The number of aliphatic carboxylic acids is 1. The van der Waals surface area contributed by atoms with Gasteiger partial charge in [0.1, 0.15) is 6.04 Å². The Morgan fingerprint density at radius 3 is 2.61 bits per heavy atom. The number of urea groups is 1. The van der Waals surface area contributed by atoms with Gasteiger partial charge in [0.25, 0.3) is 0 Å². The quantitative estimate of drug-likeness (QED) is 0.798. The first-order valence-corrected chi connectivity index (χ1v) is 5.95. The van der Waals surface area contributed by atoms with Crippen LogP contribution in [-0.4, -0.2) is 23.1 Å². The Morgan fingerprint density at radius 1 is 1.39 bits per heavy atom. The van der Waals surface area contributed by atoms with Gasteiger partial charge in [-0.3, -0.25) is 0 Å². The average Bonchev–Trinajstić information content (AvgIpc) is 2.31. The first kappa shape index (κ1) is 14.6. The second kappa shape index (κ2) is 6.47. The summed E-state index contributed by atoms with van der Waals surface area (Å²) in [6.45, 7) is 1.66. The van der Waals surface area contributed by atoms with Crippen molar-refractivity contribution in [2.45, 2.75) is 19.4 Å². The predicted octanol–water partition coefficient (Wildman–Crippen LogP) is 2.98. The summed E-state index contributed by atoms with van der Waals surface area (Å²) in [6, 6.07) is 3.18. The number of halogens is 2. The SMILES string of the molecule is CC[C@@H](NC(=O)Nc1cccc(Cl)c1Cl)C(=O)O. The van der Waals surface area contributed by atoms with Gasteiger partial charge in [0.05, 0.1) is 15.7 Å². The Bertz CT molecular complexity index is 466. The number of benzene rings is 1. The lowest BCUT2D eigenvalue weighted by atomic mass is 10.2. The lowest BCUT2D eigenvalue weighted by Gasteiger charge is -2.14. The second-order valence-electron chi connectivity index (χ2n) is 3.50. The maximum absolute atomic E-state index is 11.6. The van der Waals surface area contributed by atoms with E-state index in [1.165, 1.54) is 0 Å². The molecule has 1 rings (SSSR count). The van der Waals surface area contributed by atoms with Crippen LogP contribution in [0, 0.1) is 0 Å². The number of carbonyl (C=O) groups is 2. The van der Waals surface area contributed by atoms with Crippen LogP contribution in [0.2, 0.25) is 10.0 Å². The summed E-state index contributed by atoms with van der Waals surface area (Å²) < 4.78 is 0. The summed E-state index contributed by atoms with van der Waals surface area (Å²) in [4.78, 5) is 22.3. The monoisotopic (exact) mass is 290 g/mol. The van der Waals surface area contributed by atoms with Crippen molar-refractivity contribution >= 4 is 40.9 Å². The first-order chi connectivity index (χ1) is 8.45. The van der Waals surface area contributed by atoms with Gasteiger partial charge in [-0.05, 0) is 18.6 Å². The number of nitrogens with one attached hydrogen (secondary N) is 2. The van der Waals surface area contributed by atoms with Crippen molar-refractivity contribution in [1.82, 2.24) is 5.32 Å². The summed E-state index contributed by atoms with van der Waals surface area (Å²) in [7, 11) is 0. The minimum atomic E-state index is -1.09. The molecule has 0 bridgehead atoms. The molecule has 3 N–H and O–H groups in total. The third kappa shape index (κ3) is 3.78. The molecule has 0 saturated carbocycles. The molecule has 0 spiro atoms. The summed E-state index contributed by atoms with van der Waals surface area (Å²) in [5, 5.41) is 14.1. The molecule has 1 aromatic rings. The van der Waals surface area contributed by atoms with Crippen molar-refractivity contribution in [3.8, 4) is 0 Å². The normalized spacial score (nSPS) is 11.7. The number of rotatable bonds is 4. The van der Waals surface area contributed by atoms with E-state index in [1.807, 2.05) is 0 Å². The predicted molar refractivity (Wildman–Crippen MR) is 70.3 cm³/mol. The minimum Gasteiger partial charge on any atom is -0.480 e. The van der Waals surface area contributed by atoms with Crippen LogP contribution in [0.15, 0.2) is 18.2 Å². The highest BCUT2D eigenvalue weighted by Gasteiger charge is 2.18. The second-order valence-corrected chi connectivity index (χ2v) is 4.28. The van der Waals surface area contributed by atoms with Crippen LogP contribution >= 0.6 is 23.2 Å². The van der Waals surface area contributed by atoms with Gasteiger partial charge in [0.2, 0.25) is 0 Å². The Morgan fingerprint density at radius 2 is 2.06 bits per heavy atom. The molecule has 0 radical (unpaired) electrons. The van der Waals surface area contributed by atoms with E-state index in [0.717, 1.165) is 0 Å². The number of carboxylic acid groups (broad SMARTS) is 1. The molecule has 5 nitrogen and oxygen atoms in total. The third-order valence-electron chi connectivity index (χ3n) is 2.21. The summed E-state index contributed by atoms with van der Waals surface area (Å²) in [5.41, 5.74) is 0.321. The molecule has 0 aliphatic heterocycles. The van der Waals surface area contributed by atoms with Crippen LogP contribution in [0.4, 0.5) is 10.5 Å². The number of anilines is 1. The molecule has 0 fully saturated rings. The highest BCUT2D eigenvalue weighted by Crippen LogP contribution is 2.29. The van der Waals surface area contributed by atoms with Gasteiger partial charge in [0.15, 0.2) is 0 Å². The zero-order valence-electron chi connectivity index (χ0n) is 9.54. The van der Waals surface area contributed by atoms with E-state index in [0.29, 0.717) is 10.7 Å². The van der Waals surface area contributed by atoms with E-state index in [1.54, 1.807) is 25.1 Å². The fourth-order valence-corrected chi connectivity index (χ4v) is 1.60. The van der Waals surface area contributed by atoms with E-state index in [-0.39, 0.29) is 11.4 Å². The number of hydrogen-bond donors (Lipinski definition) is 3. The minimum absolute atomic E-state index is 0.206. The molecule has 0 aliphatic carbocycles. The van der Waals surface area contributed by atoms with Crippen LogP contribution in [0.25, 0.3) is 0 Å².